The summed E-state index contributed by atoms with van der Waals surface area (Å²) in [7, 11) is 1.49. The average molecular weight is 535 g/mol. The summed E-state index contributed by atoms with van der Waals surface area (Å²) in [6, 6.07) is 8.70. The van der Waals surface area contributed by atoms with Crippen molar-refractivity contribution in [1.29, 1.82) is 0 Å². The van der Waals surface area contributed by atoms with Gasteiger partial charge < -0.3 is 44.7 Å². The van der Waals surface area contributed by atoms with Crippen molar-refractivity contribution in [2.24, 2.45) is 0 Å². The number of rotatable bonds is 15. The fourth-order valence-electron chi connectivity index (χ4n) is 4.41. The molecule has 212 valence electrons. The highest BCUT2D eigenvalue weighted by Gasteiger charge is 2.30. The first-order valence-electron chi connectivity index (χ1n) is 13.2. The second kappa shape index (κ2) is 15.0. The molecule has 3 rings (SSSR count). The largest absolute Gasteiger partial charge is 0.504 e. The van der Waals surface area contributed by atoms with Crippen molar-refractivity contribution in [2.75, 3.05) is 40.1 Å². The van der Waals surface area contributed by atoms with Crippen LogP contribution in [0.5, 0.6) is 28.7 Å². The quantitative estimate of drug-likeness (QED) is 0.149. The first-order chi connectivity index (χ1) is 18.3. The van der Waals surface area contributed by atoms with E-state index in [1.165, 1.54) is 7.11 Å². The minimum Gasteiger partial charge on any atom is -0.504 e. The Hall–Kier alpha value is -2.76. The number of likely N-dealkylation sites (N-methyl/N-ethyl adjacent to an activating group) is 1. The van der Waals surface area contributed by atoms with Gasteiger partial charge in [0, 0.05) is 19.5 Å². The fraction of sp³-hybridized carbons (Fsp3) is 0.571. The molecule has 1 heterocycles. The van der Waals surface area contributed by atoms with Gasteiger partial charge in [-0.25, -0.2) is 0 Å². The number of aryl methyl sites for hydroxylation is 1. The number of ether oxygens (including phenoxy) is 4. The SMILES string of the molecule is CCNCCOc1cc([C@@H]2C[C@@H](O)C[C@H](CCc3ccc(O)c(OCNC[C@H](C)O)c3)O2)cc(OC)c1O. The Morgan fingerprint density at radius 1 is 1.05 bits per heavy atom. The van der Waals surface area contributed by atoms with E-state index < -0.39 is 12.2 Å². The molecule has 1 aliphatic rings. The van der Waals surface area contributed by atoms with Gasteiger partial charge in [0.05, 0.1) is 31.5 Å². The van der Waals surface area contributed by atoms with E-state index in [0.29, 0.717) is 62.6 Å². The molecule has 2 aromatic rings. The van der Waals surface area contributed by atoms with E-state index >= 15 is 0 Å². The maximum atomic E-state index is 10.6. The van der Waals surface area contributed by atoms with Gasteiger partial charge in [-0.15, -0.1) is 0 Å². The molecule has 0 spiro atoms. The van der Waals surface area contributed by atoms with Gasteiger partial charge in [-0.2, -0.15) is 0 Å². The molecule has 0 amide bonds. The molecule has 38 heavy (non-hydrogen) atoms. The Bertz CT molecular complexity index is 1000. The molecule has 1 fully saturated rings. The zero-order valence-electron chi connectivity index (χ0n) is 22.5. The number of hydrogen-bond donors (Lipinski definition) is 6. The number of aromatic hydroxyl groups is 2. The Labute approximate surface area is 224 Å². The number of nitrogens with one attached hydrogen (secondary N) is 2. The average Bonchev–Trinajstić information content (AvgIpc) is 2.89. The molecule has 0 aliphatic carbocycles. The van der Waals surface area contributed by atoms with Crippen molar-refractivity contribution in [3.05, 3.63) is 41.5 Å². The number of benzene rings is 2. The summed E-state index contributed by atoms with van der Waals surface area (Å²) in [5, 5.41) is 46.7. The van der Waals surface area contributed by atoms with Crippen LogP contribution in [0, 0.1) is 0 Å². The van der Waals surface area contributed by atoms with E-state index in [1.807, 2.05) is 13.0 Å². The summed E-state index contributed by atoms with van der Waals surface area (Å²) in [5.74, 6) is 0.951. The van der Waals surface area contributed by atoms with Crippen LogP contribution in [-0.4, -0.2) is 78.8 Å². The highest BCUT2D eigenvalue weighted by Crippen LogP contribution is 2.42. The number of phenols is 2. The smallest absolute Gasteiger partial charge is 0.200 e. The Balaban J connectivity index is 1.63. The maximum Gasteiger partial charge on any atom is 0.200 e. The van der Waals surface area contributed by atoms with E-state index in [4.69, 9.17) is 18.9 Å². The van der Waals surface area contributed by atoms with Gasteiger partial charge in [-0.05, 0) is 68.1 Å². The molecule has 0 unspecified atom stereocenters. The normalized spacial score (nSPS) is 20.2. The molecular weight excluding hydrogens is 492 g/mol. The fourth-order valence-corrected chi connectivity index (χ4v) is 4.41. The molecule has 6 N–H and O–H groups in total. The third-order valence-electron chi connectivity index (χ3n) is 6.37. The van der Waals surface area contributed by atoms with Crippen LogP contribution in [0.1, 0.15) is 50.3 Å². The van der Waals surface area contributed by atoms with Gasteiger partial charge >= 0.3 is 0 Å². The van der Waals surface area contributed by atoms with E-state index in [9.17, 15) is 20.4 Å². The molecule has 0 bridgehead atoms. The highest BCUT2D eigenvalue weighted by atomic mass is 16.5. The molecule has 1 aliphatic heterocycles. The molecule has 0 saturated carbocycles. The van der Waals surface area contributed by atoms with Crippen LogP contribution in [0.25, 0.3) is 0 Å². The number of phenolic OH excluding ortho intramolecular Hbond substituents is 2. The van der Waals surface area contributed by atoms with Crippen molar-refractivity contribution >= 4 is 0 Å². The Kier molecular flexibility index (Phi) is 11.8. The predicted molar refractivity (Wildman–Crippen MR) is 143 cm³/mol. The summed E-state index contributed by atoms with van der Waals surface area (Å²) in [4.78, 5) is 0. The van der Waals surface area contributed by atoms with Gasteiger partial charge in [0.1, 0.15) is 13.3 Å². The molecule has 0 radical (unpaired) electrons. The summed E-state index contributed by atoms with van der Waals surface area (Å²) in [5.41, 5.74) is 1.74. The third-order valence-corrected chi connectivity index (χ3v) is 6.37. The van der Waals surface area contributed by atoms with Gasteiger partial charge in [0.2, 0.25) is 5.75 Å². The highest BCUT2D eigenvalue weighted by molar-refractivity contribution is 5.53. The Morgan fingerprint density at radius 2 is 1.84 bits per heavy atom. The monoisotopic (exact) mass is 534 g/mol. The van der Waals surface area contributed by atoms with Crippen LogP contribution >= 0.6 is 0 Å². The minimum atomic E-state index is -0.532. The molecular formula is C28H42N2O8. The van der Waals surface area contributed by atoms with Crippen LogP contribution in [0.2, 0.25) is 0 Å². The second-order valence-electron chi connectivity index (χ2n) is 9.58. The molecule has 1 saturated heterocycles. The zero-order chi connectivity index (χ0) is 27.5. The first kappa shape index (κ1) is 29.8. The lowest BCUT2D eigenvalue weighted by Gasteiger charge is -2.34. The number of aliphatic hydroxyl groups excluding tert-OH is 2. The van der Waals surface area contributed by atoms with Gasteiger partial charge in [0.15, 0.2) is 23.0 Å². The van der Waals surface area contributed by atoms with Crippen LogP contribution in [-0.2, 0) is 11.2 Å². The van der Waals surface area contributed by atoms with E-state index in [0.717, 1.165) is 17.7 Å². The summed E-state index contributed by atoms with van der Waals surface area (Å²) >= 11 is 0. The van der Waals surface area contributed by atoms with Crippen LogP contribution < -0.4 is 24.8 Å². The lowest BCUT2D eigenvalue weighted by atomic mass is 9.93. The summed E-state index contributed by atoms with van der Waals surface area (Å²) in [6.45, 7) is 6.10. The maximum absolute atomic E-state index is 10.6. The summed E-state index contributed by atoms with van der Waals surface area (Å²) in [6.07, 6.45) is 0.688. The summed E-state index contributed by atoms with van der Waals surface area (Å²) < 4.78 is 23.1. The molecule has 4 atom stereocenters. The zero-order valence-corrected chi connectivity index (χ0v) is 22.5. The predicted octanol–water partition coefficient (Wildman–Crippen LogP) is 2.62. The topological polar surface area (TPSA) is 142 Å². The van der Waals surface area contributed by atoms with Crippen molar-refractivity contribution in [1.82, 2.24) is 10.6 Å². The lowest BCUT2D eigenvalue weighted by molar-refractivity contribution is -0.0999. The molecule has 2 aromatic carbocycles. The number of methoxy groups -OCH3 is 1. The Morgan fingerprint density at radius 3 is 2.58 bits per heavy atom. The standard InChI is InChI=1S/C28H42N2O8/c1-4-29-9-10-36-27-13-20(12-26(35-3)28(27)34)24-15-21(32)14-22(38-24)7-5-19-6-8-23(33)25(11-19)37-17-30-16-18(2)31/h6,8,11-13,18,21-22,24,29-34H,4-5,7,9-10,14-17H2,1-3H3/t18-,21-,22-,24-/m0/s1. The third kappa shape index (κ3) is 8.92. The second-order valence-corrected chi connectivity index (χ2v) is 9.58. The minimum absolute atomic E-state index is 0.0433. The van der Waals surface area contributed by atoms with Crippen molar-refractivity contribution in [3.8, 4) is 28.7 Å². The van der Waals surface area contributed by atoms with E-state index in [-0.39, 0.29) is 30.4 Å². The van der Waals surface area contributed by atoms with Crippen molar-refractivity contribution < 1.29 is 39.4 Å². The van der Waals surface area contributed by atoms with Crippen LogP contribution in [0.4, 0.5) is 0 Å². The van der Waals surface area contributed by atoms with Crippen molar-refractivity contribution in [2.45, 2.75) is 63.9 Å². The molecule has 0 aromatic heterocycles. The first-order valence-corrected chi connectivity index (χ1v) is 13.2. The number of hydrogen-bond acceptors (Lipinski definition) is 10. The van der Waals surface area contributed by atoms with Gasteiger partial charge in [-0.3, -0.25) is 5.32 Å². The van der Waals surface area contributed by atoms with E-state index in [1.54, 1.807) is 31.2 Å². The van der Waals surface area contributed by atoms with Gasteiger partial charge in [0.25, 0.3) is 0 Å². The van der Waals surface area contributed by atoms with E-state index in [2.05, 4.69) is 10.6 Å². The molecule has 10 heteroatoms. The lowest BCUT2D eigenvalue weighted by Crippen LogP contribution is -2.31. The van der Waals surface area contributed by atoms with Crippen LogP contribution in [0.15, 0.2) is 30.3 Å². The van der Waals surface area contributed by atoms with Crippen molar-refractivity contribution in [3.63, 3.8) is 0 Å². The number of aliphatic hydroxyl groups is 2. The molecule has 10 nitrogen and oxygen atoms in total. The van der Waals surface area contributed by atoms with Crippen LogP contribution in [0.3, 0.4) is 0 Å². The van der Waals surface area contributed by atoms with Gasteiger partial charge in [-0.1, -0.05) is 13.0 Å².